The topological polar surface area (TPSA) is 147 Å². The van der Waals surface area contributed by atoms with E-state index in [1.807, 2.05) is 0 Å². The summed E-state index contributed by atoms with van der Waals surface area (Å²) in [6.45, 7) is 6.52. The second-order valence-corrected chi connectivity index (χ2v) is 9.98. The lowest BCUT2D eigenvalue weighted by Crippen LogP contribution is -2.51. The van der Waals surface area contributed by atoms with Crippen LogP contribution in [0, 0.1) is 11.3 Å². The number of piperazine rings is 1. The Morgan fingerprint density at radius 2 is 2.24 bits per heavy atom. The van der Waals surface area contributed by atoms with Crippen LogP contribution in [0.25, 0.3) is 0 Å². The molecule has 33 heavy (non-hydrogen) atoms. The monoisotopic (exact) mass is 468 g/mol. The number of nitrogens with two attached hydrogens (primary N) is 2. The number of hydrogen-bond donors (Lipinski definition) is 2. The third-order valence-electron chi connectivity index (χ3n) is 6.42. The molecule has 0 spiro atoms. The summed E-state index contributed by atoms with van der Waals surface area (Å²) in [5, 5.41) is 13.9. The number of nitrogens with zero attached hydrogens (tertiary/aromatic N) is 6. The van der Waals surface area contributed by atoms with Gasteiger partial charge in [-0.25, -0.2) is 14.8 Å². The summed E-state index contributed by atoms with van der Waals surface area (Å²) in [7, 11) is 2.09. The van der Waals surface area contributed by atoms with Gasteiger partial charge >= 0.3 is 5.97 Å². The fraction of sp³-hybridized carbons (Fsp3) is 0.500. The van der Waals surface area contributed by atoms with Crippen molar-refractivity contribution in [2.45, 2.75) is 44.6 Å². The summed E-state index contributed by atoms with van der Waals surface area (Å²) in [6, 6.07) is 4.02. The van der Waals surface area contributed by atoms with E-state index < -0.39 is 11.4 Å². The lowest BCUT2D eigenvalue weighted by atomic mass is 9.72. The average Bonchev–Trinajstić information content (AvgIpc) is 3.13. The number of nitrogen functional groups attached to an aromatic ring is 1. The molecule has 1 aliphatic carbocycles. The second kappa shape index (κ2) is 8.96. The molecule has 1 saturated heterocycles. The van der Waals surface area contributed by atoms with Crippen LogP contribution in [0.2, 0.25) is 0 Å². The standard InChI is InChI=1S/C22H28N8O2S/c1-13-12-29(3)9-10-30(13)21-26-8-6-15(27-21)18(24)28-32-20(31)22(2)7-4-5-16-17(22)14(11-23)19(25)33-16/h6,8,13H,4-5,7,9-10,12,25H2,1-3H3,(H2,24,28)/t13-,22-/m0/s1. The minimum absolute atomic E-state index is 0.0150. The van der Waals surface area contributed by atoms with Crippen LogP contribution in [0.15, 0.2) is 17.4 Å². The number of rotatable bonds is 4. The summed E-state index contributed by atoms with van der Waals surface area (Å²) in [6.07, 6.45) is 3.74. The van der Waals surface area contributed by atoms with Gasteiger partial charge in [-0.2, -0.15) is 5.26 Å². The van der Waals surface area contributed by atoms with E-state index in [0.29, 0.717) is 34.2 Å². The lowest BCUT2D eigenvalue weighted by molar-refractivity contribution is -0.150. The molecule has 0 amide bonds. The van der Waals surface area contributed by atoms with Crippen LogP contribution in [0.1, 0.15) is 48.4 Å². The molecule has 0 unspecified atom stereocenters. The van der Waals surface area contributed by atoms with Crippen LogP contribution < -0.4 is 16.4 Å². The molecule has 0 aromatic carbocycles. The molecular formula is C22H28N8O2S. The van der Waals surface area contributed by atoms with Gasteiger partial charge in [-0.05, 0) is 46.2 Å². The van der Waals surface area contributed by atoms with Crippen LogP contribution in [0.3, 0.4) is 0 Å². The number of carbonyl (C=O) groups is 1. The Labute approximate surface area is 196 Å². The van der Waals surface area contributed by atoms with E-state index in [2.05, 4.69) is 45.0 Å². The number of carbonyl (C=O) groups excluding carboxylic acids is 1. The first-order valence-corrected chi connectivity index (χ1v) is 11.7. The predicted molar refractivity (Wildman–Crippen MR) is 127 cm³/mol. The van der Waals surface area contributed by atoms with Crippen molar-refractivity contribution in [3.05, 3.63) is 34.0 Å². The molecule has 0 saturated carbocycles. The molecule has 0 bridgehead atoms. The number of likely N-dealkylation sites (N-methyl/N-ethyl adjacent to an activating group) is 1. The smallest absolute Gasteiger partial charge is 0.345 e. The van der Waals surface area contributed by atoms with Gasteiger partial charge < -0.3 is 26.1 Å². The Balaban J connectivity index is 1.54. The molecule has 2 atom stereocenters. The van der Waals surface area contributed by atoms with E-state index in [1.165, 1.54) is 11.3 Å². The third kappa shape index (κ3) is 4.24. The molecule has 1 fully saturated rings. The number of anilines is 2. The lowest BCUT2D eigenvalue weighted by Gasteiger charge is -2.38. The Kier molecular flexibility index (Phi) is 6.23. The molecule has 0 radical (unpaired) electrons. The number of nitriles is 1. The number of fused-ring (bicyclic) bond motifs is 1. The Morgan fingerprint density at radius 1 is 1.45 bits per heavy atom. The van der Waals surface area contributed by atoms with Gasteiger partial charge in [-0.3, -0.25) is 0 Å². The zero-order chi connectivity index (χ0) is 23.8. The molecule has 3 heterocycles. The Morgan fingerprint density at radius 3 is 2.97 bits per heavy atom. The van der Waals surface area contributed by atoms with E-state index in [1.54, 1.807) is 19.2 Å². The van der Waals surface area contributed by atoms with E-state index in [9.17, 15) is 10.1 Å². The largest absolute Gasteiger partial charge is 0.389 e. The highest BCUT2D eigenvalue weighted by Gasteiger charge is 2.44. The number of oxime groups is 1. The summed E-state index contributed by atoms with van der Waals surface area (Å²) in [5.41, 5.74) is 12.5. The van der Waals surface area contributed by atoms with Gasteiger partial charge in [0, 0.05) is 42.3 Å². The van der Waals surface area contributed by atoms with E-state index >= 15 is 0 Å². The van der Waals surface area contributed by atoms with Crippen molar-refractivity contribution in [1.29, 1.82) is 5.26 Å². The highest BCUT2D eigenvalue weighted by Crippen LogP contribution is 2.46. The number of hydrogen-bond acceptors (Lipinski definition) is 10. The fourth-order valence-corrected chi connectivity index (χ4v) is 5.80. The summed E-state index contributed by atoms with van der Waals surface area (Å²) in [4.78, 5) is 32.6. The van der Waals surface area contributed by atoms with Crippen LogP contribution in [-0.2, 0) is 21.5 Å². The first-order chi connectivity index (χ1) is 15.7. The van der Waals surface area contributed by atoms with Crippen LogP contribution in [0.5, 0.6) is 0 Å². The van der Waals surface area contributed by atoms with Gasteiger partial charge in [0.05, 0.1) is 11.0 Å². The van der Waals surface area contributed by atoms with Gasteiger partial charge in [0.2, 0.25) is 5.95 Å². The number of aryl methyl sites for hydroxylation is 1. The van der Waals surface area contributed by atoms with Crippen molar-refractivity contribution in [3.63, 3.8) is 0 Å². The van der Waals surface area contributed by atoms with Gasteiger partial charge in [0.15, 0.2) is 5.84 Å². The summed E-state index contributed by atoms with van der Waals surface area (Å²) in [5.74, 6) is -0.0182. The predicted octanol–water partition coefficient (Wildman–Crippen LogP) is 1.59. The first kappa shape index (κ1) is 22.9. The second-order valence-electron chi connectivity index (χ2n) is 8.84. The third-order valence-corrected chi connectivity index (χ3v) is 7.50. The maximum Gasteiger partial charge on any atom is 0.345 e. The minimum atomic E-state index is -1.01. The summed E-state index contributed by atoms with van der Waals surface area (Å²) < 4.78 is 0. The molecule has 10 nitrogen and oxygen atoms in total. The van der Waals surface area contributed by atoms with Gasteiger partial charge in [-0.1, -0.05) is 5.16 Å². The maximum absolute atomic E-state index is 13.1. The number of amidine groups is 1. The number of thiophene rings is 1. The van der Waals surface area contributed by atoms with Gasteiger partial charge in [0.25, 0.3) is 0 Å². The fourth-order valence-electron chi connectivity index (χ4n) is 4.60. The van der Waals surface area contributed by atoms with Crippen LogP contribution in [-0.4, -0.2) is 59.4 Å². The first-order valence-electron chi connectivity index (χ1n) is 10.9. The molecule has 4 rings (SSSR count). The van der Waals surface area contributed by atoms with Crippen molar-refractivity contribution in [1.82, 2.24) is 14.9 Å². The number of aromatic nitrogens is 2. The maximum atomic E-state index is 13.1. The Bertz CT molecular complexity index is 1140. The van der Waals surface area contributed by atoms with Crippen LogP contribution in [0.4, 0.5) is 10.9 Å². The van der Waals surface area contributed by atoms with E-state index in [-0.39, 0.29) is 11.9 Å². The van der Waals surface area contributed by atoms with E-state index in [4.69, 9.17) is 16.3 Å². The molecule has 4 N–H and O–H groups in total. The molecule has 2 aliphatic rings. The quantitative estimate of drug-likeness (QED) is 0.295. The van der Waals surface area contributed by atoms with Gasteiger partial charge in [-0.15, -0.1) is 11.3 Å². The molecule has 11 heteroatoms. The molecule has 2 aromatic heterocycles. The zero-order valence-electron chi connectivity index (χ0n) is 19.0. The van der Waals surface area contributed by atoms with Crippen molar-refractivity contribution >= 4 is 34.1 Å². The normalized spacial score (nSPS) is 23.6. The van der Waals surface area contributed by atoms with Crippen LogP contribution >= 0.6 is 11.3 Å². The van der Waals surface area contributed by atoms with Crippen molar-refractivity contribution < 1.29 is 9.63 Å². The highest BCUT2D eigenvalue weighted by molar-refractivity contribution is 7.16. The van der Waals surface area contributed by atoms with Crippen molar-refractivity contribution in [2.75, 3.05) is 37.3 Å². The molecule has 2 aromatic rings. The molecular weight excluding hydrogens is 440 g/mol. The van der Waals surface area contributed by atoms with E-state index in [0.717, 1.165) is 37.4 Å². The molecule has 1 aliphatic heterocycles. The minimum Gasteiger partial charge on any atom is -0.389 e. The van der Waals surface area contributed by atoms with Crippen molar-refractivity contribution in [2.24, 2.45) is 10.9 Å². The molecule has 174 valence electrons. The Hall–Kier alpha value is -3.23. The summed E-state index contributed by atoms with van der Waals surface area (Å²) >= 11 is 1.36. The van der Waals surface area contributed by atoms with Gasteiger partial charge in [0.1, 0.15) is 16.8 Å². The van der Waals surface area contributed by atoms with Crippen molar-refractivity contribution in [3.8, 4) is 6.07 Å². The highest BCUT2D eigenvalue weighted by atomic mass is 32.1. The average molecular weight is 469 g/mol. The SMILES string of the molecule is C[C@H]1CN(C)CCN1c1nccc(/C(N)=N/OC(=O)[C@@]2(C)CCCc3sc(N)c(C#N)c32)n1. The zero-order valence-corrected chi connectivity index (χ0v) is 19.9.